The van der Waals surface area contributed by atoms with Crippen LogP contribution in [0.1, 0.15) is 72.1 Å². The summed E-state index contributed by atoms with van der Waals surface area (Å²) in [6.45, 7) is 14.3. The van der Waals surface area contributed by atoms with Crippen molar-refractivity contribution in [3.63, 3.8) is 0 Å². The molecule has 138 valence electrons. The fourth-order valence-corrected chi connectivity index (χ4v) is 2.21. The molecule has 1 atom stereocenters. The van der Waals surface area contributed by atoms with E-state index in [0.29, 0.717) is 19.1 Å². The molecule has 0 aliphatic heterocycles. The van der Waals surface area contributed by atoms with Crippen molar-refractivity contribution in [2.75, 3.05) is 13.2 Å². The molecule has 0 aliphatic carbocycles. The van der Waals surface area contributed by atoms with Crippen molar-refractivity contribution in [1.29, 1.82) is 0 Å². The summed E-state index contributed by atoms with van der Waals surface area (Å²) in [4.78, 5) is 23.9. The maximum atomic E-state index is 12.0. The monoisotopic (exact) mass is 338 g/mol. The first-order valence-corrected chi connectivity index (χ1v) is 9.20. The average Bonchev–Trinajstić information content (AvgIpc) is 2.59. The lowest BCUT2D eigenvalue weighted by Gasteiger charge is -2.15. The average molecular weight is 338 g/mol. The third kappa shape index (κ3) is 9.53. The van der Waals surface area contributed by atoms with Gasteiger partial charge in [-0.25, -0.2) is 9.59 Å². The maximum Gasteiger partial charge on any atom is 0.338 e. The third-order valence-corrected chi connectivity index (χ3v) is 4.08. The van der Waals surface area contributed by atoms with Gasteiger partial charge in [-0.2, -0.15) is 0 Å². The molecule has 24 heavy (non-hydrogen) atoms. The predicted molar refractivity (Wildman–Crippen MR) is 97.6 cm³/mol. The quantitative estimate of drug-likeness (QED) is 0.194. The molecule has 0 aliphatic rings. The van der Waals surface area contributed by atoms with Gasteiger partial charge in [0, 0.05) is 0 Å². The molecule has 0 saturated carbocycles. The molecule has 0 N–H and O–H groups in total. The predicted octanol–water partition coefficient (Wildman–Crippen LogP) is 4.98. The molecule has 0 amide bonds. The van der Waals surface area contributed by atoms with E-state index in [2.05, 4.69) is 33.9 Å². The number of hydrogen-bond acceptors (Lipinski definition) is 4. The highest BCUT2D eigenvalue weighted by atomic mass is 16.5. The van der Waals surface area contributed by atoms with Crippen molar-refractivity contribution >= 4 is 11.9 Å². The first-order valence-electron chi connectivity index (χ1n) is 9.20. The number of rotatable bonds is 14. The molecule has 0 aromatic heterocycles. The summed E-state index contributed by atoms with van der Waals surface area (Å²) in [5.74, 6) is -0.829. The topological polar surface area (TPSA) is 52.6 Å². The van der Waals surface area contributed by atoms with Crippen molar-refractivity contribution in [2.45, 2.75) is 72.1 Å². The minimum atomic E-state index is -0.591. The summed E-state index contributed by atoms with van der Waals surface area (Å²) in [6.07, 6.45) is 8.32. The fraction of sp³-hybridized carbons (Fsp3) is 0.700. The number of esters is 2. The summed E-state index contributed by atoms with van der Waals surface area (Å²) < 4.78 is 10.4. The van der Waals surface area contributed by atoms with Crippen LogP contribution >= 0.6 is 0 Å². The second kappa shape index (κ2) is 13.8. The van der Waals surface area contributed by atoms with Crippen LogP contribution < -0.4 is 0 Å². The molecule has 4 heteroatoms. The normalized spacial score (nSPS) is 11.6. The largest absolute Gasteiger partial charge is 0.462 e. The van der Waals surface area contributed by atoms with Crippen LogP contribution in [0.15, 0.2) is 24.3 Å². The van der Waals surface area contributed by atoms with Gasteiger partial charge in [-0.1, -0.05) is 72.5 Å². The van der Waals surface area contributed by atoms with E-state index >= 15 is 0 Å². The SMILES string of the molecule is C=C(C(=C)C(=O)OCC(CC)CCCC)C(=O)OCCCCCC. The van der Waals surface area contributed by atoms with Crippen LogP contribution in [0.25, 0.3) is 0 Å². The lowest BCUT2D eigenvalue weighted by molar-refractivity contribution is -0.143. The molecule has 4 nitrogen and oxygen atoms in total. The van der Waals surface area contributed by atoms with Gasteiger partial charge in [-0.15, -0.1) is 0 Å². The van der Waals surface area contributed by atoms with Crippen LogP contribution in [0.4, 0.5) is 0 Å². The van der Waals surface area contributed by atoms with Crippen molar-refractivity contribution in [3.8, 4) is 0 Å². The Morgan fingerprint density at radius 1 is 0.833 bits per heavy atom. The number of carbonyl (C=O) groups is 2. The number of ether oxygens (including phenoxy) is 2. The molecule has 0 saturated heterocycles. The van der Waals surface area contributed by atoms with E-state index in [0.717, 1.165) is 51.4 Å². The Bertz CT molecular complexity index is 412. The highest BCUT2D eigenvalue weighted by molar-refractivity contribution is 6.06. The van der Waals surface area contributed by atoms with Crippen molar-refractivity contribution in [1.82, 2.24) is 0 Å². The van der Waals surface area contributed by atoms with Gasteiger partial charge in [0.05, 0.1) is 24.4 Å². The maximum absolute atomic E-state index is 12.0. The number of hydrogen-bond donors (Lipinski definition) is 0. The van der Waals surface area contributed by atoms with E-state index in [1.165, 1.54) is 0 Å². The molecular formula is C20H34O4. The third-order valence-electron chi connectivity index (χ3n) is 4.08. The van der Waals surface area contributed by atoms with E-state index in [1.54, 1.807) is 0 Å². The van der Waals surface area contributed by atoms with E-state index < -0.39 is 11.9 Å². The first-order chi connectivity index (χ1) is 11.5. The van der Waals surface area contributed by atoms with Crippen molar-refractivity contribution in [3.05, 3.63) is 24.3 Å². The van der Waals surface area contributed by atoms with E-state index in [1.807, 2.05) is 0 Å². The Morgan fingerprint density at radius 2 is 1.42 bits per heavy atom. The van der Waals surface area contributed by atoms with E-state index in [-0.39, 0.29) is 11.1 Å². The molecule has 0 bridgehead atoms. The summed E-state index contributed by atoms with van der Waals surface area (Å²) in [5, 5.41) is 0. The summed E-state index contributed by atoms with van der Waals surface area (Å²) in [5.41, 5.74) is -0.0315. The van der Waals surface area contributed by atoms with Gasteiger partial charge in [0.1, 0.15) is 0 Å². The Labute approximate surface area is 147 Å². The zero-order valence-corrected chi connectivity index (χ0v) is 15.7. The van der Waals surface area contributed by atoms with Crippen LogP contribution in [-0.4, -0.2) is 25.2 Å². The molecule has 0 aromatic rings. The van der Waals surface area contributed by atoms with Gasteiger partial charge in [-0.05, 0) is 18.8 Å². The van der Waals surface area contributed by atoms with Crippen molar-refractivity contribution in [2.24, 2.45) is 5.92 Å². The fourth-order valence-electron chi connectivity index (χ4n) is 2.21. The highest BCUT2D eigenvalue weighted by Crippen LogP contribution is 2.15. The van der Waals surface area contributed by atoms with Gasteiger partial charge in [0.2, 0.25) is 0 Å². The standard InChI is InChI=1S/C20H34O4/c1-6-9-11-12-14-23-19(21)16(4)17(5)20(22)24-15-18(8-3)13-10-7-2/h18H,4-15H2,1-3H3. The summed E-state index contributed by atoms with van der Waals surface area (Å²) >= 11 is 0. The second-order valence-electron chi connectivity index (χ2n) is 6.17. The molecule has 0 fully saturated rings. The molecule has 0 rings (SSSR count). The molecule has 0 spiro atoms. The molecule has 0 heterocycles. The number of carbonyl (C=O) groups excluding carboxylic acids is 2. The summed E-state index contributed by atoms with van der Waals surface area (Å²) in [6, 6.07) is 0. The minimum Gasteiger partial charge on any atom is -0.462 e. The van der Waals surface area contributed by atoms with Gasteiger partial charge in [-0.3, -0.25) is 0 Å². The summed E-state index contributed by atoms with van der Waals surface area (Å²) in [7, 11) is 0. The van der Waals surface area contributed by atoms with Gasteiger partial charge in [0.25, 0.3) is 0 Å². The number of unbranched alkanes of at least 4 members (excludes halogenated alkanes) is 4. The Morgan fingerprint density at radius 3 is 1.96 bits per heavy atom. The zero-order chi connectivity index (χ0) is 18.4. The Hall–Kier alpha value is -1.58. The zero-order valence-electron chi connectivity index (χ0n) is 15.7. The van der Waals surface area contributed by atoms with Crippen LogP contribution in [0.3, 0.4) is 0 Å². The lowest BCUT2D eigenvalue weighted by atomic mass is 10.0. The smallest absolute Gasteiger partial charge is 0.338 e. The second-order valence-corrected chi connectivity index (χ2v) is 6.17. The Balaban J connectivity index is 4.18. The van der Waals surface area contributed by atoms with Gasteiger partial charge >= 0.3 is 11.9 Å². The van der Waals surface area contributed by atoms with Crippen LogP contribution in [-0.2, 0) is 19.1 Å². The molecule has 0 radical (unpaired) electrons. The molecule has 0 aromatic carbocycles. The van der Waals surface area contributed by atoms with Gasteiger partial charge in [0.15, 0.2) is 0 Å². The lowest BCUT2D eigenvalue weighted by Crippen LogP contribution is -2.19. The first kappa shape index (κ1) is 22.4. The van der Waals surface area contributed by atoms with Crippen molar-refractivity contribution < 1.29 is 19.1 Å². The molecular weight excluding hydrogens is 304 g/mol. The van der Waals surface area contributed by atoms with E-state index in [9.17, 15) is 9.59 Å². The van der Waals surface area contributed by atoms with Crippen LogP contribution in [0.2, 0.25) is 0 Å². The van der Waals surface area contributed by atoms with Crippen LogP contribution in [0.5, 0.6) is 0 Å². The van der Waals surface area contributed by atoms with Crippen LogP contribution in [0, 0.1) is 5.92 Å². The van der Waals surface area contributed by atoms with Gasteiger partial charge < -0.3 is 9.47 Å². The minimum absolute atomic E-state index is 0.0149. The molecule has 1 unspecified atom stereocenters. The van der Waals surface area contributed by atoms with E-state index in [4.69, 9.17) is 9.47 Å². The highest BCUT2D eigenvalue weighted by Gasteiger charge is 2.20. The Kier molecular flexibility index (Phi) is 12.9.